The summed E-state index contributed by atoms with van der Waals surface area (Å²) in [6.45, 7) is 1.75. The molecule has 106 valence electrons. The summed E-state index contributed by atoms with van der Waals surface area (Å²) in [5.74, 6) is -1.44. The molecule has 0 spiro atoms. The fourth-order valence-corrected chi connectivity index (χ4v) is 1.89. The van der Waals surface area contributed by atoms with Gasteiger partial charge in [0, 0.05) is 13.7 Å². The minimum atomic E-state index is -3.50. The maximum atomic E-state index is 11.6. The molecule has 0 saturated carbocycles. The first-order valence-corrected chi connectivity index (χ1v) is 7.55. The topological polar surface area (TPSA) is 118 Å². The molecule has 0 aromatic heterocycles. The SMILES string of the molecule is CC(C(=O)N(O)CCO)N(C)C(=O)CP(C)(=O)O. The molecule has 0 fully saturated rings. The van der Waals surface area contributed by atoms with Gasteiger partial charge in [-0.25, -0.2) is 5.06 Å². The van der Waals surface area contributed by atoms with Crippen molar-refractivity contribution in [3.8, 4) is 0 Å². The van der Waals surface area contributed by atoms with E-state index in [4.69, 9.17) is 10.00 Å². The third-order valence-corrected chi connectivity index (χ3v) is 3.18. The van der Waals surface area contributed by atoms with E-state index in [0.717, 1.165) is 11.6 Å². The molecule has 0 aromatic carbocycles. The van der Waals surface area contributed by atoms with Crippen molar-refractivity contribution in [3.63, 3.8) is 0 Å². The number of likely N-dealkylation sites (N-methyl/N-ethyl adjacent to an activating group) is 1. The zero-order chi connectivity index (χ0) is 14.5. The van der Waals surface area contributed by atoms with Gasteiger partial charge in [-0.1, -0.05) is 0 Å². The number of hydrogen-bond acceptors (Lipinski definition) is 5. The van der Waals surface area contributed by atoms with Crippen LogP contribution in [0.4, 0.5) is 0 Å². The van der Waals surface area contributed by atoms with Gasteiger partial charge in [0.15, 0.2) is 0 Å². The average molecular weight is 282 g/mol. The molecule has 0 aliphatic rings. The predicted molar refractivity (Wildman–Crippen MR) is 63.4 cm³/mol. The van der Waals surface area contributed by atoms with Crippen LogP contribution in [0.25, 0.3) is 0 Å². The van der Waals surface area contributed by atoms with E-state index in [-0.39, 0.29) is 6.54 Å². The Labute approximate surface area is 105 Å². The lowest BCUT2D eigenvalue weighted by Gasteiger charge is -2.27. The second-order valence-electron chi connectivity index (χ2n) is 4.07. The Kier molecular flexibility index (Phi) is 6.48. The van der Waals surface area contributed by atoms with Crippen molar-refractivity contribution in [2.75, 3.05) is 33.0 Å². The van der Waals surface area contributed by atoms with Gasteiger partial charge < -0.3 is 14.9 Å². The van der Waals surface area contributed by atoms with E-state index >= 15 is 0 Å². The highest BCUT2D eigenvalue weighted by molar-refractivity contribution is 7.58. The number of rotatable bonds is 6. The van der Waals surface area contributed by atoms with Crippen LogP contribution < -0.4 is 0 Å². The summed E-state index contributed by atoms with van der Waals surface area (Å²) >= 11 is 0. The van der Waals surface area contributed by atoms with Crippen molar-refractivity contribution in [1.82, 2.24) is 9.96 Å². The molecular formula is C9H19N2O6P. The number of aliphatic hydroxyl groups is 1. The normalized spacial score (nSPS) is 15.7. The van der Waals surface area contributed by atoms with Gasteiger partial charge in [-0.2, -0.15) is 0 Å². The summed E-state index contributed by atoms with van der Waals surface area (Å²) < 4.78 is 11.1. The van der Waals surface area contributed by atoms with Gasteiger partial charge in [-0.15, -0.1) is 0 Å². The van der Waals surface area contributed by atoms with Crippen molar-refractivity contribution in [3.05, 3.63) is 0 Å². The number of carbonyl (C=O) groups excluding carboxylic acids is 2. The first-order valence-electron chi connectivity index (χ1n) is 5.26. The van der Waals surface area contributed by atoms with Crippen molar-refractivity contribution in [2.45, 2.75) is 13.0 Å². The van der Waals surface area contributed by atoms with E-state index in [1.807, 2.05) is 0 Å². The summed E-state index contributed by atoms with van der Waals surface area (Å²) in [6.07, 6.45) is -0.563. The van der Waals surface area contributed by atoms with Gasteiger partial charge in [0.05, 0.1) is 13.2 Å². The molecule has 8 nitrogen and oxygen atoms in total. The quantitative estimate of drug-likeness (QED) is 0.325. The Balaban J connectivity index is 4.59. The second kappa shape index (κ2) is 6.84. The van der Waals surface area contributed by atoms with Crippen molar-refractivity contribution in [2.24, 2.45) is 0 Å². The van der Waals surface area contributed by atoms with Gasteiger partial charge in [0.25, 0.3) is 5.91 Å². The van der Waals surface area contributed by atoms with Gasteiger partial charge in [0.1, 0.15) is 12.2 Å². The zero-order valence-corrected chi connectivity index (χ0v) is 11.5. The molecule has 0 aliphatic heterocycles. The molecule has 2 atom stereocenters. The third kappa shape index (κ3) is 5.59. The molecule has 9 heteroatoms. The molecular weight excluding hydrogens is 263 g/mol. The lowest BCUT2D eigenvalue weighted by atomic mass is 10.2. The Morgan fingerprint density at radius 2 is 1.89 bits per heavy atom. The molecule has 3 N–H and O–H groups in total. The molecule has 0 rings (SSSR count). The summed E-state index contributed by atoms with van der Waals surface area (Å²) in [5, 5.41) is 18.1. The van der Waals surface area contributed by atoms with E-state index < -0.39 is 38.0 Å². The zero-order valence-electron chi connectivity index (χ0n) is 10.6. The first kappa shape index (κ1) is 17.1. The first-order chi connectivity index (χ1) is 8.10. The van der Waals surface area contributed by atoms with Crippen LogP contribution in [0.3, 0.4) is 0 Å². The Hall–Kier alpha value is -0.950. The van der Waals surface area contributed by atoms with Crippen molar-refractivity contribution in [1.29, 1.82) is 0 Å². The highest BCUT2D eigenvalue weighted by atomic mass is 31.2. The average Bonchev–Trinajstić information content (AvgIpc) is 2.24. The lowest BCUT2D eigenvalue weighted by Crippen LogP contribution is -2.48. The monoisotopic (exact) mass is 282 g/mol. The minimum Gasteiger partial charge on any atom is -0.394 e. The van der Waals surface area contributed by atoms with Crippen LogP contribution >= 0.6 is 7.37 Å². The highest BCUT2D eigenvalue weighted by Crippen LogP contribution is 2.34. The van der Waals surface area contributed by atoms with Gasteiger partial charge in [-0.3, -0.25) is 19.4 Å². The van der Waals surface area contributed by atoms with Crippen LogP contribution in [0, 0.1) is 0 Å². The number of hydroxylamine groups is 2. The number of nitrogens with zero attached hydrogens (tertiary/aromatic N) is 2. The fraction of sp³-hybridized carbons (Fsp3) is 0.778. The summed E-state index contributed by atoms with van der Waals surface area (Å²) in [6, 6.07) is -0.986. The number of amides is 2. The van der Waals surface area contributed by atoms with E-state index in [2.05, 4.69) is 0 Å². The Morgan fingerprint density at radius 3 is 2.28 bits per heavy atom. The number of carbonyl (C=O) groups is 2. The number of hydrogen-bond donors (Lipinski definition) is 3. The smallest absolute Gasteiger partial charge is 0.268 e. The van der Waals surface area contributed by atoms with E-state index in [1.54, 1.807) is 0 Å². The minimum absolute atomic E-state index is 0.266. The van der Waals surface area contributed by atoms with Gasteiger partial charge >= 0.3 is 0 Å². The second-order valence-corrected chi connectivity index (χ2v) is 6.49. The maximum Gasteiger partial charge on any atom is 0.268 e. The summed E-state index contributed by atoms with van der Waals surface area (Å²) in [4.78, 5) is 33.2. The summed E-state index contributed by atoms with van der Waals surface area (Å²) in [5.41, 5.74) is 0. The van der Waals surface area contributed by atoms with Crippen LogP contribution in [0.5, 0.6) is 0 Å². The molecule has 0 heterocycles. The van der Waals surface area contributed by atoms with E-state index in [1.165, 1.54) is 14.0 Å². The van der Waals surface area contributed by atoms with Gasteiger partial charge in [0.2, 0.25) is 13.3 Å². The van der Waals surface area contributed by atoms with Crippen LogP contribution in [-0.4, -0.2) is 76.1 Å². The summed E-state index contributed by atoms with van der Waals surface area (Å²) in [7, 11) is -2.20. The van der Waals surface area contributed by atoms with E-state index in [0.29, 0.717) is 5.06 Å². The molecule has 0 bridgehead atoms. The van der Waals surface area contributed by atoms with Gasteiger partial charge in [-0.05, 0) is 6.92 Å². The standard InChI is InChI=1S/C9H19N2O6P/c1-7(9(14)11(15)4-5-12)10(2)8(13)6-18(3,16)17/h7,12,15H,4-6H2,1-3H3,(H,16,17). The van der Waals surface area contributed by atoms with Crippen LogP contribution in [0.2, 0.25) is 0 Å². The third-order valence-electron chi connectivity index (χ3n) is 2.33. The van der Waals surface area contributed by atoms with Crippen LogP contribution in [0.15, 0.2) is 0 Å². The maximum absolute atomic E-state index is 11.6. The predicted octanol–water partition coefficient (Wildman–Crippen LogP) is -1.06. The van der Waals surface area contributed by atoms with Crippen molar-refractivity contribution < 1.29 is 29.4 Å². The molecule has 0 saturated heterocycles. The lowest BCUT2D eigenvalue weighted by molar-refractivity contribution is -0.173. The Morgan fingerprint density at radius 1 is 1.39 bits per heavy atom. The largest absolute Gasteiger partial charge is 0.394 e. The van der Waals surface area contributed by atoms with Crippen molar-refractivity contribution >= 4 is 19.2 Å². The molecule has 0 radical (unpaired) electrons. The molecule has 2 amide bonds. The highest BCUT2D eigenvalue weighted by Gasteiger charge is 2.28. The Bertz CT molecular complexity index is 355. The van der Waals surface area contributed by atoms with Crippen LogP contribution in [-0.2, 0) is 14.2 Å². The van der Waals surface area contributed by atoms with Crippen LogP contribution in [0.1, 0.15) is 6.92 Å². The number of aliphatic hydroxyl groups excluding tert-OH is 1. The van der Waals surface area contributed by atoms with E-state index in [9.17, 15) is 19.4 Å². The molecule has 0 aromatic rings. The fourth-order valence-electron chi connectivity index (χ4n) is 1.16. The molecule has 2 unspecified atom stereocenters. The molecule has 0 aliphatic carbocycles. The molecule has 18 heavy (non-hydrogen) atoms.